The van der Waals surface area contributed by atoms with Gasteiger partial charge in [-0.25, -0.2) is 0 Å². The second-order valence-corrected chi connectivity index (χ2v) is 7.64. The minimum atomic E-state index is -0.342. The topological polar surface area (TPSA) is 94.3 Å². The number of rotatable bonds is 4. The van der Waals surface area contributed by atoms with Crippen molar-refractivity contribution in [3.8, 4) is 22.8 Å². The highest BCUT2D eigenvalue weighted by Crippen LogP contribution is 2.35. The minimum Gasteiger partial charge on any atom is -0.454 e. The van der Waals surface area contributed by atoms with Crippen molar-refractivity contribution in [3.63, 3.8) is 0 Å². The summed E-state index contributed by atoms with van der Waals surface area (Å²) in [7, 11) is 0. The van der Waals surface area contributed by atoms with Gasteiger partial charge < -0.3 is 20.0 Å². The van der Waals surface area contributed by atoms with Crippen LogP contribution in [0.1, 0.15) is 33.9 Å². The second kappa shape index (κ2) is 7.39. The number of aromatic nitrogens is 1. The van der Waals surface area contributed by atoms with Crippen LogP contribution in [0.3, 0.4) is 0 Å². The molecule has 0 spiro atoms. The zero-order valence-corrected chi connectivity index (χ0v) is 16.6. The summed E-state index contributed by atoms with van der Waals surface area (Å²) >= 11 is 6.07. The Kier molecular flexibility index (Phi) is 4.56. The number of nitrogens with zero attached hydrogens (tertiary/aromatic N) is 1. The van der Waals surface area contributed by atoms with Gasteiger partial charge in [-0.15, -0.1) is 0 Å². The fourth-order valence-corrected chi connectivity index (χ4v) is 4.08. The molecule has 1 aliphatic carbocycles. The maximum absolute atomic E-state index is 13.1. The Hall–Kier alpha value is -3.51. The molecule has 1 amide bonds. The lowest BCUT2D eigenvalue weighted by Gasteiger charge is -2.13. The molecule has 6 nitrogen and oxygen atoms in total. The number of nitrogens with two attached hydrogens (primary N) is 1. The van der Waals surface area contributed by atoms with E-state index in [-0.39, 0.29) is 29.1 Å². The molecule has 0 fully saturated rings. The van der Waals surface area contributed by atoms with E-state index < -0.39 is 0 Å². The summed E-state index contributed by atoms with van der Waals surface area (Å²) in [6.45, 7) is 0. The van der Waals surface area contributed by atoms with Crippen molar-refractivity contribution in [2.45, 2.75) is 18.9 Å². The fraction of sp³-hybridized carbons (Fsp3) is 0.130. The monoisotopic (exact) mass is 419 g/mol. The molecule has 7 heteroatoms. The molecule has 2 heterocycles. The SMILES string of the molecule is Nc1onc(-c2ccc(-c3cccc(Cl)c3)o2)c1C(=O)NC1CCc2ccccc21. The third-order valence-corrected chi connectivity index (χ3v) is 5.57. The first-order valence-electron chi connectivity index (χ1n) is 9.60. The van der Waals surface area contributed by atoms with E-state index >= 15 is 0 Å². The summed E-state index contributed by atoms with van der Waals surface area (Å²) < 4.78 is 11.0. The average molecular weight is 420 g/mol. The second-order valence-electron chi connectivity index (χ2n) is 7.21. The minimum absolute atomic E-state index is 0.0468. The molecule has 1 atom stereocenters. The first kappa shape index (κ1) is 18.5. The van der Waals surface area contributed by atoms with E-state index in [0.717, 1.165) is 24.0 Å². The molecule has 0 bridgehead atoms. The van der Waals surface area contributed by atoms with Crippen LogP contribution < -0.4 is 11.1 Å². The predicted octanol–water partition coefficient (Wildman–Crippen LogP) is 5.25. The Morgan fingerprint density at radius 3 is 2.80 bits per heavy atom. The zero-order valence-electron chi connectivity index (χ0n) is 15.9. The molecule has 0 saturated carbocycles. The number of hydrogen-bond acceptors (Lipinski definition) is 5. The number of halogens is 1. The molecule has 0 saturated heterocycles. The Bertz CT molecular complexity index is 1240. The summed E-state index contributed by atoms with van der Waals surface area (Å²) in [4.78, 5) is 13.1. The van der Waals surface area contributed by atoms with Gasteiger partial charge in [-0.3, -0.25) is 4.79 Å². The van der Waals surface area contributed by atoms with E-state index in [9.17, 15) is 4.79 Å². The quantitative estimate of drug-likeness (QED) is 0.470. The highest BCUT2D eigenvalue weighted by Gasteiger charge is 2.29. The van der Waals surface area contributed by atoms with Crippen LogP contribution in [0.4, 0.5) is 5.88 Å². The van der Waals surface area contributed by atoms with Gasteiger partial charge in [-0.05, 0) is 48.2 Å². The molecule has 0 radical (unpaired) electrons. The molecule has 5 rings (SSSR count). The van der Waals surface area contributed by atoms with Gasteiger partial charge >= 0.3 is 0 Å². The maximum Gasteiger partial charge on any atom is 0.259 e. The van der Waals surface area contributed by atoms with Crippen LogP contribution in [0, 0.1) is 0 Å². The molecule has 1 aliphatic rings. The molecule has 150 valence electrons. The lowest BCUT2D eigenvalue weighted by atomic mass is 10.1. The fourth-order valence-electron chi connectivity index (χ4n) is 3.89. The van der Waals surface area contributed by atoms with Crippen LogP contribution in [0.15, 0.2) is 69.6 Å². The Balaban J connectivity index is 1.44. The first-order valence-corrected chi connectivity index (χ1v) is 9.98. The van der Waals surface area contributed by atoms with E-state index in [2.05, 4.69) is 16.5 Å². The van der Waals surface area contributed by atoms with Crippen LogP contribution in [0.5, 0.6) is 0 Å². The number of nitrogens with one attached hydrogen (secondary N) is 1. The molecule has 30 heavy (non-hydrogen) atoms. The zero-order chi connectivity index (χ0) is 20.7. The molecule has 0 aliphatic heterocycles. The lowest BCUT2D eigenvalue weighted by molar-refractivity contribution is 0.0937. The van der Waals surface area contributed by atoms with Crippen LogP contribution in [0.2, 0.25) is 5.02 Å². The van der Waals surface area contributed by atoms with Crippen molar-refractivity contribution < 1.29 is 13.7 Å². The van der Waals surface area contributed by atoms with Gasteiger partial charge in [-0.2, -0.15) is 0 Å². The Morgan fingerprint density at radius 2 is 1.93 bits per heavy atom. The van der Waals surface area contributed by atoms with Crippen LogP contribution in [0.25, 0.3) is 22.8 Å². The number of furan rings is 1. The highest BCUT2D eigenvalue weighted by atomic mass is 35.5. The summed E-state index contributed by atoms with van der Waals surface area (Å²) in [6.07, 6.45) is 1.76. The Labute approximate surface area is 177 Å². The average Bonchev–Trinajstić information content (AvgIpc) is 3.47. The van der Waals surface area contributed by atoms with Gasteiger partial charge in [0.15, 0.2) is 11.5 Å². The van der Waals surface area contributed by atoms with Gasteiger partial charge in [0.2, 0.25) is 5.88 Å². The molecule has 2 aromatic heterocycles. The van der Waals surface area contributed by atoms with Crippen LogP contribution >= 0.6 is 11.6 Å². The number of aryl methyl sites for hydroxylation is 1. The van der Waals surface area contributed by atoms with Crippen molar-refractivity contribution in [3.05, 3.63) is 82.4 Å². The molecular formula is C23H18ClN3O3. The normalized spacial score (nSPS) is 15.2. The number of anilines is 1. The van der Waals surface area contributed by atoms with E-state index in [1.165, 1.54) is 5.56 Å². The molecule has 2 aromatic carbocycles. The number of nitrogen functional groups attached to an aromatic ring is 1. The third kappa shape index (κ3) is 3.25. The van der Waals surface area contributed by atoms with Crippen molar-refractivity contribution in [1.29, 1.82) is 0 Å². The lowest BCUT2D eigenvalue weighted by Crippen LogP contribution is -2.27. The standard InChI is InChI=1S/C23H18ClN3O3/c24-15-6-3-5-14(12-15)18-10-11-19(29-18)21-20(22(25)30-27-21)23(28)26-17-9-8-13-4-1-2-7-16(13)17/h1-7,10-12,17H,8-9,25H2,(H,26,28). The number of benzene rings is 2. The van der Waals surface area contributed by atoms with Gasteiger partial charge in [-0.1, -0.05) is 53.2 Å². The number of carbonyl (C=O) groups is 1. The van der Waals surface area contributed by atoms with Gasteiger partial charge in [0.1, 0.15) is 11.3 Å². The summed E-state index contributed by atoms with van der Waals surface area (Å²) in [5.74, 6) is 0.605. The van der Waals surface area contributed by atoms with Crippen molar-refractivity contribution in [1.82, 2.24) is 10.5 Å². The van der Waals surface area contributed by atoms with E-state index in [1.807, 2.05) is 30.3 Å². The smallest absolute Gasteiger partial charge is 0.259 e. The number of hydrogen-bond donors (Lipinski definition) is 2. The van der Waals surface area contributed by atoms with Gasteiger partial charge in [0.05, 0.1) is 6.04 Å². The number of amides is 1. The molecular weight excluding hydrogens is 402 g/mol. The number of fused-ring (bicyclic) bond motifs is 1. The molecule has 3 N–H and O–H groups in total. The van der Waals surface area contributed by atoms with Crippen LogP contribution in [-0.4, -0.2) is 11.1 Å². The predicted molar refractivity (Wildman–Crippen MR) is 114 cm³/mol. The van der Waals surface area contributed by atoms with Gasteiger partial charge in [0.25, 0.3) is 5.91 Å². The van der Waals surface area contributed by atoms with Crippen molar-refractivity contribution in [2.75, 3.05) is 5.73 Å². The highest BCUT2D eigenvalue weighted by molar-refractivity contribution is 6.30. The van der Waals surface area contributed by atoms with E-state index in [0.29, 0.717) is 16.5 Å². The van der Waals surface area contributed by atoms with Crippen LogP contribution in [-0.2, 0) is 6.42 Å². The van der Waals surface area contributed by atoms with Gasteiger partial charge in [0, 0.05) is 10.6 Å². The Morgan fingerprint density at radius 1 is 1.10 bits per heavy atom. The van der Waals surface area contributed by atoms with Crippen molar-refractivity contribution in [2.24, 2.45) is 0 Å². The van der Waals surface area contributed by atoms with E-state index in [4.69, 9.17) is 26.3 Å². The summed E-state index contributed by atoms with van der Waals surface area (Å²) in [5, 5.41) is 7.63. The van der Waals surface area contributed by atoms with Crippen molar-refractivity contribution >= 4 is 23.4 Å². The van der Waals surface area contributed by atoms with E-state index in [1.54, 1.807) is 24.3 Å². The first-order chi connectivity index (χ1) is 14.6. The maximum atomic E-state index is 13.1. The largest absolute Gasteiger partial charge is 0.454 e. The molecule has 1 unspecified atom stereocenters. The number of carbonyl (C=O) groups excluding carboxylic acids is 1. The summed E-state index contributed by atoms with van der Waals surface area (Å²) in [5.41, 5.74) is 9.57. The third-order valence-electron chi connectivity index (χ3n) is 5.33. The summed E-state index contributed by atoms with van der Waals surface area (Å²) in [6, 6.07) is 18.9. The molecule has 4 aromatic rings.